The number of rotatable bonds is 5. The van der Waals surface area contributed by atoms with Crippen LogP contribution in [0.5, 0.6) is 0 Å². The molecule has 1 saturated carbocycles. The van der Waals surface area contributed by atoms with Crippen LogP contribution in [0, 0.1) is 0 Å². The predicted octanol–water partition coefficient (Wildman–Crippen LogP) is 3.76. The molecule has 0 atom stereocenters. The highest BCUT2D eigenvalue weighted by molar-refractivity contribution is 6.31. The molecule has 2 heteroatoms. The lowest BCUT2D eigenvalue weighted by molar-refractivity contribution is 0.234. The first-order valence-corrected chi connectivity index (χ1v) is 6.62. The molecule has 0 aromatic heterocycles. The maximum absolute atomic E-state index is 6.31. The Hall–Kier alpha value is -0.530. The van der Waals surface area contributed by atoms with Gasteiger partial charge in [-0.1, -0.05) is 43.1 Å². The highest BCUT2D eigenvalue weighted by Crippen LogP contribution is 2.45. The number of hydrogen-bond acceptors (Lipinski definition) is 1. The summed E-state index contributed by atoms with van der Waals surface area (Å²) in [4.78, 5) is 0. The fourth-order valence-corrected chi connectivity index (χ4v) is 2.88. The lowest BCUT2D eigenvalue weighted by Crippen LogP contribution is -2.44. The van der Waals surface area contributed by atoms with Crippen LogP contribution in [0.1, 0.15) is 38.2 Å². The molecule has 0 radical (unpaired) electrons. The van der Waals surface area contributed by atoms with E-state index >= 15 is 0 Å². The van der Waals surface area contributed by atoms with Gasteiger partial charge in [-0.15, -0.1) is 0 Å². The van der Waals surface area contributed by atoms with Gasteiger partial charge in [0.2, 0.25) is 0 Å². The van der Waals surface area contributed by atoms with Crippen molar-refractivity contribution in [2.75, 3.05) is 13.1 Å². The molecular weight excluding hydrogens is 218 g/mol. The maximum atomic E-state index is 6.31. The zero-order chi connectivity index (χ0) is 11.4. The fraction of sp³-hybridized carbons (Fsp3) is 0.571. The third kappa shape index (κ3) is 2.26. The van der Waals surface area contributed by atoms with E-state index in [9.17, 15) is 0 Å². The highest BCUT2D eigenvalue weighted by Gasteiger charge is 2.39. The van der Waals surface area contributed by atoms with Crippen molar-refractivity contribution in [1.82, 2.24) is 5.32 Å². The predicted molar refractivity (Wildman–Crippen MR) is 70.1 cm³/mol. The molecule has 16 heavy (non-hydrogen) atoms. The fourth-order valence-electron chi connectivity index (χ4n) is 2.54. The van der Waals surface area contributed by atoms with E-state index < -0.39 is 0 Å². The van der Waals surface area contributed by atoms with Crippen LogP contribution < -0.4 is 5.32 Å². The van der Waals surface area contributed by atoms with E-state index in [0.29, 0.717) is 5.41 Å². The van der Waals surface area contributed by atoms with E-state index in [0.717, 1.165) is 18.1 Å². The van der Waals surface area contributed by atoms with Crippen LogP contribution in [0.25, 0.3) is 0 Å². The van der Waals surface area contributed by atoms with Crippen LogP contribution >= 0.6 is 11.6 Å². The van der Waals surface area contributed by atoms with Crippen molar-refractivity contribution in [3.63, 3.8) is 0 Å². The third-order valence-electron chi connectivity index (χ3n) is 3.65. The molecule has 1 aliphatic rings. The van der Waals surface area contributed by atoms with Crippen molar-refractivity contribution < 1.29 is 0 Å². The first kappa shape index (κ1) is 11.9. The molecule has 2 rings (SSSR count). The number of nitrogens with one attached hydrogen (secondary N) is 1. The summed E-state index contributed by atoms with van der Waals surface area (Å²) in [6.45, 7) is 4.38. The van der Waals surface area contributed by atoms with Gasteiger partial charge < -0.3 is 5.32 Å². The minimum atomic E-state index is 0.313. The third-order valence-corrected chi connectivity index (χ3v) is 3.98. The van der Waals surface area contributed by atoms with Crippen LogP contribution in [0.3, 0.4) is 0 Å². The largest absolute Gasteiger partial charge is 0.316 e. The Bertz CT molecular complexity index is 344. The molecule has 0 heterocycles. The Kier molecular flexibility index (Phi) is 3.88. The lowest BCUT2D eigenvalue weighted by atomic mass is 9.64. The van der Waals surface area contributed by atoms with Crippen molar-refractivity contribution in [3.05, 3.63) is 34.9 Å². The summed E-state index contributed by atoms with van der Waals surface area (Å²) in [6, 6.07) is 8.31. The smallest absolute Gasteiger partial charge is 0.0444 e. The van der Waals surface area contributed by atoms with Gasteiger partial charge in [-0.2, -0.15) is 0 Å². The normalized spacial score (nSPS) is 18.1. The van der Waals surface area contributed by atoms with Crippen LogP contribution in [0.15, 0.2) is 24.3 Å². The van der Waals surface area contributed by atoms with E-state index in [1.165, 1.54) is 31.2 Å². The summed E-state index contributed by atoms with van der Waals surface area (Å²) in [6.07, 6.45) is 5.07. The Balaban J connectivity index is 2.12. The van der Waals surface area contributed by atoms with Gasteiger partial charge >= 0.3 is 0 Å². The van der Waals surface area contributed by atoms with Crippen LogP contribution in [0.4, 0.5) is 0 Å². The Morgan fingerprint density at radius 2 is 2.06 bits per heavy atom. The topological polar surface area (TPSA) is 12.0 Å². The second-order valence-corrected chi connectivity index (χ2v) is 5.20. The summed E-state index contributed by atoms with van der Waals surface area (Å²) in [7, 11) is 0. The van der Waals surface area contributed by atoms with Crippen molar-refractivity contribution >= 4 is 11.6 Å². The number of benzene rings is 1. The summed E-state index contributed by atoms with van der Waals surface area (Å²) >= 11 is 6.31. The van der Waals surface area contributed by atoms with E-state index in [-0.39, 0.29) is 0 Å². The molecule has 0 amide bonds. The molecule has 1 aromatic rings. The van der Waals surface area contributed by atoms with Crippen LogP contribution in [-0.2, 0) is 5.41 Å². The zero-order valence-electron chi connectivity index (χ0n) is 9.93. The molecule has 1 nitrogen and oxygen atoms in total. The van der Waals surface area contributed by atoms with E-state index in [1.54, 1.807) is 0 Å². The molecule has 0 spiro atoms. The minimum absolute atomic E-state index is 0.313. The van der Waals surface area contributed by atoms with E-state index in [2.05, 4.69) is 24.4 Å². The number of hydrogen-bond donors (Lipinski definition) is 1. The summed E-state index contributed by atoms with van der Waals surface area (Å²) in [5.74, 6) is 0. The lowest BCUT2D eigenvalue weighted by Gasteiger charge is -2.43. The van der Waals surface area contributed by atoms with E-state index in [4.69, 9.17) is 11.6 Å². The molecule has 0 unspecified atom stereocenters. The quantitative estimate of drug-likeness (QED) is 0.769. The summed E-state index contributed by atoms with van der Waals surface area (Å²) in [5.41, 5.74) is 1.65. The molecule has 1 N–H and O–H groups in total. The second kappa shape index (κ2) is 5.20. The van der Waals surface area contributed by atoms with Gasteiger partial charge in [-0.3, -0.25) is 0 Å². The summed E-state index contributed by atoms with van der Waals surface area (Å²) < 4.78 is 0. The monoisotopic (exact) mass is 237 g/mol. The Labute approximate surface area is 103 Å². The van der Waals surface area contributed by atoms with Gasteiger partial charge in [0.15, 0.2) is 0 Å². The highest BCUT2D eigenvalue weighted by atomic mass is 35.5. The average Bonchev–Trinajstić information content (AvgIpc) is 2.24. The van der Waals surface area contributed by atoms with Gasteiger partial charge in [-0.05, 0) is 37.4 Å². The Morgan fingerprint density at radius 3 is 2.62 bits per heavy atom. The van der Waals surface area contributed by atoms with Gasteiger partial charge in [0.05, 0.1) is 0 Å². The zero-order valence-corrected chi connectivity index (χ0v) is 10.7. The molecule has 1 aromatic carbocycles. The van der Waals surface area contributed by atoms with Gasteiger partial charge in [-0.25, -0.2) is 0 Å². The molecular formula is C14H20ClN. The van der Waals surface area contributed by atoms with Crippen molar-refractivity contribution in [2.45, 2.75) is 38.0 Å². The van der Waals surface area contributed by atoms with Crippen molar-refractivity contribution in [1.29, 1.82) is 0 Å². The van der Waals surface area contributed by atoms with Crippen molar-refractivity contribution in [2.24, 2.45) is 0 Å². The van der Waals surface area contributed by atoms with Gasteiger partial charge in [0.25, 0.3) is 0 Å². The maximum Gasteiger partial charge on any atom is 0.0444 e. The first-order chi connectivity index (χ1) is 7.78. The first-order valence-electron chi connectivity index (χ1n) is 6.24. The second-order valence-electron chi connectivity index (χ2n) is 4.79. The molecule has 0 bridgehead atoms. The van der Waals surface area contributed by atoms with Crippen LogP contribution in [0.2, 0.25) is 5.02 Å². The number of halogens is 1. The summed E-state index contributed by atoms with van der Waals surface area (Å²) in [5, 5.41) is 4.48. The van der Waals surface area contributed by atoms with Gasteiger partial charge in [0, 0.05) is 17.0 Å². The molecule has 88 valence electrons. The van der Waals surface area contributed by atoms with Crippen molar-refractivity contribution in [3.8, 4) is 0 Å². The van der Waals surface area contributed by atoms with Crippen LogP contribution in [-0.4, -0.2) is 13.1 Å². The molecule has 1 fully saturated rings. The SMILES string of the molecule is CCCNCC1(c2ccccc2Cl)CCC1. The molecule has 0 aliphatic heterocycles. The average molecular weight is 238 g/mol. The molecule has 1 aliphatic carbocycles. The minimum Gasteiger partial charge on any atom is -0.316 e. The van der Waals surface area contributed by atoms with Gasteiger partial charge in [0.1, 0.15) is 0 Å². The standard InChI is InChI=1S/C14H20ClN/c1-2-10-16-11-14(8-5-9-14)12-6-3-4-7-13(12)15/h3-4,6-7,16H,2,5,8-11H2,1H3. The Morgan fingerprint density at radius 1 is 1.31 bits per heavy atom. The van der Waals surface area contributed by atoms with E-state index in [1.807, 2.05) is 12.1 Å². The molecule has 0 saturated heterocycles.